The number of para-hydroxylation sites is 2. The van der Waals surface area contributed by atoms with Gasteiger partial charge in [0, 0.05) is 31.4 Å². The minimum absolute atomic E-state index is 0.0977. The maximum atomic E-state index is 13.9. The van der Waals surface area contributed by atoms with Crippen LogP contribution in [-0.4, -0.2) is 10.9 Å². The minimum Gasteiger partial charge on any atom is -0.383 e. The molecule has 0 spiro atoms. The van der Waals surface area contributed by atoms with Crippen LogP contribution in [0.25, 0.3) is 27.6 Å². The third-order valence-electron chi connectivity index (χ3n) is 7.59. The maximum absolute atomic E-state index is 13.9. The van der Waals surface area contributed by atoms with Crippen LogP contribution in [0.5, 0.6) is 0 Å². The fourth-order valence-corrected chi connectivity index (χ4v) is 7.95. The number of carbonyl (C=O) groups excluding carboxylic acids is 1. The summed E-state index contributed by atoms with van der Waals surface area (Å²) >= 11 is 3.40. The van der Waals surface area contributed by atoms with E-state index < -0.39 is 6.10 Å². The Morgan fingerprint density at radius 3 is 1.92 bits per heavy atom. The number of aliphatic hydroxyl groups is 1. The topological polar surface area (TPSA) is 40.5 Å². The summed E-state index contributed by atoms with van der Waals surface area (Å²) in [5, 5.41) is 16.5. The van der Waals surface area contributed by atoms with Gasteiger partial charge in [-0.05, 0) is 64.0 Å². The highest BCUT2D eigenvalue weighted by atomic mass is 32.2. The summed E-state index contributed by atoms with van der Waals surface area (Å²) in [6.45, 7) is 0. The molecule has 6 aromatic rings. The molecule has 2 heterocycles. The van der Waals surface area contributed by atoms with Gasteiger partial charge < -0.3 is 5.11 Å². The van der Waals surface area contributed by atoms with Crippen molar-refractivity contribution in [3.63, 3.8) is 0 Å². The van der Waals surface area contributed by atoms with Gasteiger partial charge in [0.05, 0.1) is 11.4 Å². The maximum Gasteiger partial charge on any atom is 0.193 e. The quantitative estimate of drug-likeness (QED) is 0.176. The monoisotopic (exact) mass is 539 g/mol. The number of rotatable bonds is 2. The molecule has 8 rings (SSSR count). The number of aliphatic hydroxyl groups excluding tert-OH is 1. The molecule has 5 aromatic carbocycles. The molecule has 1 atom stereocenters. The highest BCUT2D eigenvalue weighted by Crippen LogP contribution is 2.53. The summed E-state index contributed by atoms with van der Waals surface area (Å²) in [7, 11) is 0. The van der Waals surface area contributed by atoms with Crippen LogP contribution in [0, 0.1) is 0 Å². The molecule has 1 aliphatic heterocycles. The number of ketones is 1. The Hall–Kier alpha value is -4.16. The van der Waals surface area contributed by atoms with E-state index in [-0.39, 0.29) is 5.78 Å². The zero-order valence-electron chi connectivity index (χ0n) is 20.7. The van der Waals surface area contributed by atoms with Crippen molar-refractivity contribution in [1.29, 1.82) is 0 Å². The number of hydrogen-bond donors (Lipinski definition) is 1. The van der Waals surface area contributed by atoms with E-state index in [1.807, 2.05) is 48.5 Å². The summed E-state index contributed by atoms with van der Waals surface area (Å²) in [6.07, 6.45) is 0.904. The number of nitrogens with zero attached hydrogens (tertiary/aromatic N) is 1. The molecule has 0 fully saturated rings. The van der Waals surface area contributed by atoms with E-state index in [1.54, 1.807) is 23.1 Å². The average Bonchev–Trinajstić information content (AvgIpc) is 3.54. The fraction of sp³-hybridized carbons (Fsp3) is 0.0294. The molecule has 5 heteroatoms. The Bertz CT molecular complexity index is 1960. The van der Waals surface area contributed by atoms with Crippen molar-refractivity contribution >= 4 is 72.9 Å². The Labute approximate surface area is 233 Å². The van der Waals surface area contributed by atoms with Crippen LogP contribution in [0.1, 0.15) is 26.9 Å². The second kappa shape index (κ2) is 8.68. The van der Waals surface area contributed by atoms with Gasteiger partial charge in [0.15, 0.2) is 5.78 Å². The highest BCUT2D eigenvalue weighted by molar-refractivity contribution is 7.99. The third-order valence-corrected chi connectivity index (χ3v) is 9.74. The molecular weight excluding hydrogens is 519 g/mol. The zero-order chi connectivity index (χ0) is 26.1. The van der Waals surface area contributed by atoms with Crippen LogP contribution in [-0.2, 0) is 0 Å². The van der Waals surface area contributed by atoms with Gasteiger partial charge in [0.25, 0.3) is 0 Å². The molecule has 3 nitrogen and oxygen atoms in total. The predicted molar refractivity (Wildman–Crippen MR) is 162 cm³/mol. The number of Topliss-reactive ketones (excluding diaryl/α,β-unsaturated/α-hetero) is 1. The first-order chi connectivity index (χ1) is 19.2. The van der Waals surface area contributed by atoms with Crippen molar-refractivity contribution in [2.24, 2.45) is 0 Å². The number of anilines is 3. The second-order valence-corrected chi connectivity index (χ2v) is 11.9. The molecule has 0 amide bonds. The van der Waals surface area contributed by atoms with Crippen molar-refractivity contribution in [3.05, 3.63) is 131 Å². The lowest BCUT2D eigenvalue weighted by Gasteiger charge is -2.31. The molecule has 1 aliphatic carbocycles. The first-order valence-electron chi connectivity index (χ1n) is 12.8. The first-order valence-corrected chi connectivity index (χ1v) is 14.5. The lowest BCUT2D eigenvalue weighted by atomic mass is 9.92. The Morgan fingerprint density at radius 2 is 1.23 bits per heavy atom. The molecule has 1 aromatic heterocycles. The Morgan fingerprint density at radius 1 is 0.667 bits per heavy atom. The van der Waals surface area contributed by atoms with Gasteiger partial charge in [-0.1, -0.05) is 84.6 Å². The largest absolute Gasteiger partial charge is 0.383 e. The van der Waals surface area contributed by atoms with Gasteiger partial charge in [-0.25, -0.2) is 0 Å². The van der Waals surface area contributed by atoms with Crippen LogP contribution in [0.15, 0.2) is 125 Å². The summed E-state index contributed by atoms with van der Waals surface area (Å²) in [4.78, 5) is 19.5. The van der Waals surface area contributed by atoms with E-state index in [2.05, 4.69) is 71.6 Å². The van der Waals surface area contributed by atoms with E-state index in [0.29, 0.717) is 16.7 Å². The van der Waals surface area contributed by atoms with Crippen LogP contribution in [0.2, 0.25) is 0 Å². The zero-order valence-corrected chi connectivity index (χ0v) is 22.3. The number of fused-ring (bicyclic) bond motifs is 8. The Kier molecular flexibility index (Phi) is 5.07. The molecule has 39 heavy (non-hydrogen) atoms. The highest BCUT2D eigenvalue weighted by Gasteiger charge is 2.37. The number of carbonyl (C=O) groups is 1. The molecule has 0 radical (unpaired) electrons. The van der Waals surface area contributed by atoms with Gasteiger partial charge in [-0.2, -0.15) is 0 Å². The normalized spacial score (nSPS) is 17.1. The molecule has 2 aliphatic rings. The van der Waals surface area contributed by atoms with Crippen molar-refractivity contribution < 1.29 is 9.90 Å². The van der Waals surface area contributed by atoms with Gasteiger partial charge >= 0.3 is 0 Å². The molecule has 0 saturated heterocycles. The molecular formula is C34H21NO2S2. The standard InChI is InChI=1S/C34H21NO2S2/c36-33-25(34(37)32-24-12-4-2-10-22(24)21-9-1-3-11-23(21)31(32)33)19-20-17-18-30(38-20)35-26-13-5-7-15-28(26)39-29-16-8-6-14-27(29)35/h1-19,33,36H/b25-19-. The third kappa shape index (κ3) is 3.37. The number of benzene rings is 5. The van der Waals surface area contributed by atoms with Gasteiger partial charge in [-0.3, -0.25) is 9.69 Å². The van der Waals surface area contributed by atoms with Crippen molar-refractivity contribution in [2.45, 2.75) is 15.9 Å². The SMILES string of the molecule is O=C1/C(=C\c2ccc(N3c4ccccc4Sc4ccccc43)s2)C(O)c2c1c1ccccc1c1ccccc21. The first kappa shape index (κ1) is 22.8. The number of thiophene rings is 1. The van der Waals surface area contributed by atoms with E-state index in [0.717, 1.165) is 42.8 Å². The molecule has 1 N–H and O–H groups in total. The summed E-state index contributed by atoms with van der Waals surface area (Å²) in [5.41, 5.74) is 4.05. The lowest BCUT2D eigenvalue weighted by Crippen LogP contribution is -2.13. The number of hydrogen-bond acceptors (Lipinski definition) is 5. The van der Waals surface area contributed by atoms with Crippen molar-refractivity contribution in [1.82, 2.24) is 0 Å². The Balaban J connectivity index is 1.25. The van der Waals surface area contributed by atoms with E-state index >= 15 is 0 Å². The molecule has 0 bridgehead atoms. The van der Waals surface area contributed by atoms with Crippen molar-refractivity contribution in [2.75, 3.05) is 4.90 Å². The van der Waals surface area contributed by atoms with Crippen LogP contribution in [0.4, 0.5) is 16.4 Å². The van der Waals surface area contributed by atoms with Gasteiger partial charge in [0.2, 0.25) is 0 Å². The smallest absolute Gasteiger partial charge is 0.193 e. The molecule has 186 valence electrons. The van der Waals surface area contributed by atoms with Gasteiger partial charge in [-0.15, -0.1) is 11.3 Å². The predicted octanol–water partition coefficient (Wildman–Crippen LogP) is 9.30. The van der Waals surface area contributed by atoms with E-state index in [4.69, 9.17) is 0 Å². The summed E-state index contributed by atoms with van der Waals surface area (Å²) < 4.78 is 0. The van der Waals surface area contributed by atoms with Gasteiger partial charge in [0.1, 0.15) is 11.1 Å². The van der Waals surface area contributed by atoms with Crippen LogP contribution in [0.3, 0.4) is 0 Å². The van der Waals surface area contributed by atoms with Crippen LogP contribution >= 0.6 is 23.1 Å². The average molecular weight is 540 g/mol. The molecule has 0 saturated carbocycles. The molecule has 1 unspecified atom stereocenters. The van der Waals surface area contributed by atoms with E-state index in [1.165, 1.54) is 9.79 Å². The van der Waals surface area contributed by atoms with Crippen LogP contribution < -0.4 is 4.90 Å². The second-order valence-electron chi connectivity index (χ2n) is 9.76. The minimum atomic E-state index is -0.972. The summed E-state index contributed by atoms with van der Waals surface area (Å²) in [5.74, 6) is -0.0977. The lowest BCUT2D eigenvalue weighted by molar-refractivity contribution is 0.102. The van der Waals surface area contributed by atoms with Crippen molar-refractivity contribution in [3.8, 4) is 0 Å². The summed E-state index contributed by atoms with van der Waals surface area (Å²) in [6, 6.07) is 37.0. The fourth-order valence-electron chi connectivity index (χ4n) is 5.90. The van der Waals surface area contributed by atoms with E-state index in [9.17, 15) is 9.90 Å².